The number of ketones is 1. The Kier molecular flexibility index (Phi) is 2.93. The number of carbonyl (C=O) groups excluding carboxylic acids is 1. The van der Waals surface area contributed by atoms with Crippen LogP contribution in [0.15, 0.2) is 24.3 Å². The number of halogens is 1. The van der Waals surface area contributed by atoms with Gasteiger partial charge in [0.25, 0.3) is 0 Å². The maximum Gasteiger partial charge on any atom is 0.157 e. The fraction of sp³-hybridized carbons (Fsp3) is 0.222. The molecule has 1 unspecified atom stereocenters. The summed E-state index contributed by atoms with van der Waals surface area (Å²) in [6.45, 7) is 1.88. The minimum absolute atomic E-state index is 0.0310. The third kappa shape index (κ3) is 2.11. The highest BCUT2D eigenvalue weighted by Crippen LogP contribution is 2.15. The zero-order valence-corrected chi connectivity index (χ0v) is 7.93. The van der Waals surface area contributed by atoms with E-state index < -0.39 is 0 Å². The lowest BCUT2D eigenvalue weighted by Crippen LogP contribution is -2.04. The van der Waals surface area contributed by atoms with Crippen LogP contribution in [0.2, 0.25) is 10.8 Å². The van der Waals surface area contributed by atoms with Crippen molar-refractivity contribution in [2.45, 2.75) is 12.7 Å². The lowest BCUT2D eigenvalue weighted by atomic mass is 9.83. The second kappa shape index (κ2) is 3.77. The van der Waals surface area contributed by atoms with E-state index in [0.29, 0.717) is 10.6 Å². The smallest absolute Gasteiger partial charge is 0.157 e. The van der Waals surface area contributed by atoms with Gasteiger partial charge in [0.15, 0.2) is 5.78 Å². The molecule has 0 aliphatic heterocycles. The van der Waals surface area contributed by atoms with Crippen LogP contribution >= 0.6 is 11.6 Å². The molecule has 1 atom stereocenters. The number of rotatable bonds is 2. The van der Waals surface area contributed by atoms with Gasteiger partial charge in [-0.05, 0) is 17.9 Å². The van der Waals surface area contributed by atoms with Crippen LogP contribution in [0.3, 0.4) is 0 Å². The summed E-state index contributed by atoms with van der Waals surface area (Å²) < 4.78 is 0. The van der Waals surface area contributed by atoms with Crippen LogP contribution in [0.1, 0.15) is 17.3 Å². The first-order valence-electron chi connectivity index (χ1n) is 3.91. The van der Waals surface area contributed by atoms with Crippen molar-refractivity contribution >= 4 is 25.2 Å². The molecule has 1 rings (SSSR count). The van der Waals surface area contributed by atoms with Gasteiger partial charge < -0.3 is 0 Å². The van der Waals surface area contributed by atoms with E-state index in [1.54, 1.807) is 24.3 Å². The summed E-state index contributed by atoms with van der Waals surface area (Å²) >= 11 is 5.74. The summed E-state index contributed by atoms with van der Waals surface area (Å²) in [6, 6.07) is 7.04. The van der Waals surface area contributed by atoms with E-state index in [2.05, 4.69) is 0 Å². The molecule has 0 aliphatic carbocycles. The Morgan fingerprint density at radius 3 is 2.75 bits per heavy atom. The van der Waals surface area contributed by atoms with E-state index >= 15 is 0 Å². The Morgan fingerprint density at radius 2 is 2.25 bits per heavy atom. The van der Waals surface area contributed by atoms with E-state index in [1.165, 1.54) is 0 Å². The van der Waals surface area contributed by atoms with Gasteiger partial charge in [-0.2, -0.15) is 0 Å². The number of benzene rings is 1. The van der Waals surface area contributed by atoms with Crippen molar-refractivity contribution in [3.05, 3.63) is 34.9 Å². The quantitative estimate of drug-likeness (QED) is 0.502. The highest BCUT2D eigenvalue weighted by Gasteiger charge is 2.09. The molecule has 0 saturated heterocycles. The van der Waals surface area contributed by atoms with E-state index in [1.807, 2.05) is 14.8 Å². The highest BCUT2D eigenvalue weighted by atomic mass is 35.5. The summed E-state index contributed by atoms with van der Waals surface area (Å²) in [5.74, 6) is 0.168. The largest absolute Gasteiger partial charge is 0.295 e. The SMILES string of the molecule is BC(C)C(=O)c1cccc(Cl)c1. The molecule has 0 saturated carbocycles. The Balaban J connectivity index is 2.96. The molecule has 1 nitrogen and oxygen atoms in total. The van der Waals surface area contributed by atoms with Crippen LogP contribution < -0.4 is 0 Å². The molecule has 1 aromatic carbocycles. The molecule has 3 heteroatoms. The molecule has 0 aliphatic rings. The normalized spacial score (nSPS) is 12.5. The summed E-state index contributed by atoms with van der Waals surface area (Å²) in [7, 11) is 1.88. The van der Waals surface area contributed by atoms with Gasteiger partial charge in [0.1, 0.15) is 7.85 Å². The predicted octanol–water partition coefficient (Wildman–Crippen LogP) is 1.96. The summed E-state index contributed by atoms with van der Waals surface area (Å²) in [6.07, 6.45) is 0. The van der Waals surface area contributed by atoms with Gasteiger partial charge >= 0.3 is 0 Å². The predicted molar refractivity (Wildman–Crippen MR) is 53.8 cm³/mol. The second-order valence-electron chi connectivity index (χ2n) is 3.03. The molecular formula is C9H10BClO. The van der Waals surface area contributed by atoms with Crippen molar-refractivity contribution in [2.24, 2.45) is 0 Å². The Bertz CT molecular complexity index is 296. The molecule has 0 heterocycles. The average Bonchev–Trinajstić information content (AvgIpc) is 2.03. The third-order valence-corrected chi connectivity index (χ3v) is 1.87. The zero-order chi connectivity index (χ0) is 9.14. The van der Waals surface area contributed by atoms with Gasteiger partial charge in [0, 0.05) is 10.6 Å². The molecule has 12 heavy (non-hydrogen) atoms. The molecule has 0 N–H and O–H groups in total. The van der Waals surface area contributed by atoms with Crippen LogP contribution in [0.4, 0.5) is 0 Å². The average molecular weight is 180 g/mol. The van der Waals surface area contributed by atoms with Gasteiger partial charge in [0.05, 0.1) is 0 Å². The van der Waals surface area contributed by atoms with Crippen LogP contribution in [-0.4, -0.2) is 13.6 Å². The van der Waals surface area contributed by atoms with Crippen molar-refractivity contribution < 1.29 is 4.79 Å². The van der Waals surface area contributed by atoms with Gasteiger partial charge in [-0.3, -0.25) is 4.79 Å². The molecule has 0 aromatic heterocycles. The van der Waals surface area contributed by atoms with E-state index in [0.717, 1.165) is 0 Å². The zero-order valence-electron chi connectivity index (χ0n) is 7.17. The number of Topliss-reactive ketones (excluding diaryl/α,β-unsaturated/α-hetero) is 1. The minimum atomic E-state index is 0.0310. The lowest BCUT2D eigenvalue weighted by Gasteiger charge is -2.03. The first-order chi connectivity index (χ1) is 5.61. The lowest BCUT2D eigenvalue weighted by molar-refractivity contribution is 0.0989. The van der Waals surface area contributed by atoms with Crippen LogP contribution in [0.25, 0.3) is 0 Å². The fourth-order valence-corrected chi connectivity index (χ4v) is 1.17. The van der Waals surface area contributed by atoms with Gasteiger partial charge in [-0.25, -0.2) is 0 Å². The third-order valence-electron chi connectivity index (χ3n) is 1.63. The standard InChI is InChI=1S/C9H10BClO/c1-6(10)9(12)7-3-2-4-8(11)5-7/h2-6H,10H2,1H3. The van der Waals surface area contributed by atoms with E-state index in [4.69, 9.17) is 11.6 Å². The number of hydrogen-bond acceptors (Lipinski definition) is 1. The Labute approximate surface area is 78.1 Å². The summed E-state index contributed by atoms with van der Waals surface area (Å²) in [5, 5.41) is 0.613. The first kappa shape index (κ1) is 9.33. The minimum Gasteiger partial charge on any atom is -0.295 e. The molecule has 0 spiro atoms. The van der Waals surface area contributed by atoms with Crippen molar-refractivity contribution in [1.82, 2.24) is 0 Å². The maximum absolute atomic E-state index is 11.4. The van der Waals surface area contributed by atoms with Gasteiger partial charge in [-0.15, -0.1) is 0 Å². The summed E-state index contributed by atoms with van der Waals surface area (Å²) in [4.78, 5) is 11.4. The Morgan fingerprint density at radius 1 is 1.58 bits per heavy atom. The molecule has 1 aromatic rings. The number of hydrogen-bond donors (Lipinski definition) is 0. The fourth-order valence-electron chi connectivity index (χ4n) is 0.975. The van der Waals surface area contributed by atoms with Crippen LogP contribution in [0.5, 0.6) is 0 Å². The topological polar surface area (TPSA) is 17.1 Å². The molecule has 0 bridgehead atoms. The van der Waals surface area contributed by atoms with Crippen LogP contribution in [-0.2, 0) is 0 Å². The maximum atomic E-state index is 11.4. The van der Waals surface area contributed by atoms with Crippen molar-refractivity contribution in [2.75, 3.05) is 0 Å². The molecule has 0 radical (unpaired) electrons. The monoisotopic (exact) mass is 180 g/mol. The van der Waals surface area contributed by atoms with Crippen LogP contribution in [0, 0.1) is 0 Å². The molecule has 0 amide bonds. The summed E-state index contributed by atoms with van der Waals surface area (Å²) in [5.41, 5.74) is 0.692. The highest BCUT2D eigenvalue weighted by molar-refractivity contribution is 6.32. The Hall–Kier alpha value is -0.755. The molecule has 0 fully saturated rings. The van der Waals surface area contributed by atoms with Crippen molar-refractivity contribution in [3.8, 4) is 0 Å². The second-order valence-corrected chi connectivity index (χ2v) is 3.47. The number of carbonyl (C=O) groups is 1. The molecular weight excluding hydrogens is 170 g/mol. The van der Waals surface area contributed by atoms with E-state index in [-0.39, 0.29) is 11.6 Å². The van der Waals surface area contributed by atoms with Gasteiger partial charge in [0.2, 0.25) is 0 Å². The first-order valence-corrected chi connectivity index (χ1v) is 4.29. The van der Waals surface area contributed by atoms with Crippen molar-refractivity contribution in [3.63, 3.8) is 0 Å². The van der Waals surface area contributed by atoms with E-state index in [9.17, 15) is 4.79 Å². The molecule has 62 valence electrons. The van der Waals surface area contributed by atoms with Gasteiger partial charge in [-0.1, -0.05) is 30.7 Å². The van der Waals surface area contributed by atoms with Crippen molar-refractivity contribution in [1.29, 1.82) is 0 Å².